The van der Waals surface area contributed by atoms with Gasteiger partial charge in [0.15, 0.2) is 0 Å². The lowest BCUT2D eigenvalue weighted by Gasteiger charge is -2.04. The first kappa shape index (κ1) is 11.1. The van der Waals surface area contributed by atoms with E-state index in [-0.39, 0.29) is 22.1 Å². The summed E-state index contributed by atoms with van der Waals surface area (Å²) < 4.78 is 0. The number of nitro benzene ring substituents is 1. The Labute approximate surface area is 94.6 Å². The predicted molar refractivity (Wildman–Crippen MR) is 62.3 cm³/mol. The Bertz CT molecular complexity index is 454. The van der Waals surface area contributed by atoms with E-state index in [1.54, 1.807) is 13.0 Å². The number of nitrogens with two attached hydrogens (primary N) is 1. The molecule has 2 rings (SSSR count). The molecule has 1 saturated carbocycles. The summed E-state index contributed by atoms with van der Waals surface area (Å²) in [6, 6.07) is 5.45. The number of hydrogen-bond acceptors (Lipinski definition) is 3. The van der Waals surface area contributed by atoms with Gasteiger partial charge in [-0.2, -0.15) is 0 Å². The standard InChI is InChI=1S/C12H16N2O2/c1-7-6-8(4-5-9(7)14(15)16)10-11(13)12(10,2)3/h4-6,10-11H,13H2,1-3H3. The summed E-state index contributed by atoms with van der Waals surface area (Å²) >= 11 is 0. The second-order valence-electron chi connectivity index (χ2n) is 5.13. The van der Waals surface area contributed by atoms with Gasteiger partial charge in [0.25, 0.3) is 5.69 Å². The fraction of sp³-hybridized carbons (Fsp3) is 0.500. The molecule has 1 aliphatic carbocycles. The monoisotopic (exact) mass is 220 g/mol. The van der Waals surface area contributed by atoms with Gasteiger partial charge in [-0.1, -0.05) is 19.9 Å². The van der Waals surface area contributed by atoms with Crippen LogP contribution in [0.1, 0.15) is 30.9 Å². The van der Waals surface area contributed by atoms with Crippen molar-refractivity contribution in [1.82, 2.24) is 0 Å². The fourth-order valence-electron chi connectivity index (χ4n) is 2.39. The van der Waals surface area contributed by atoms with Crippen LogP contribution in [0.4, 0.5) is 5.69 Å². The molecule has 0 amide bonds. The Morgan fingerprint density at radius 1 is 1.44 bits per heavy atom. The first-order chi connectivity index (χ1) is 7.35. The third-order valence-corrected chi connectivity index (χ3v) is 3.69. The van der Waals surface area contributed by atoms with Crippen LogP contribution in [0.15, 0.2) is 18.2 Å². The van der Waals surface area contributed by atoms with Crippen LogP contribution < -0.4 is 5.73 Å². The molecule has 4 heteroatoms. The second kappa shape index (κ2) is 3.28. The molecule has 2 atom stereocenters. The number of benzene rings is 1. The molecule has 0 heterocycles. The molecule has 0 bridgehead atoms. The van der Waals surface area contributed by atoms with Gasteiger partial charge >= 0.3 is 0 Å². The average molecular weight is 220 g/mol. The van der Waals surface area contributed by atoms with Crippen molar-refractivity contribution in [2.24, 2.45) is 11.1 Å². The molecule has 1 aromatic rings. The van der Waals surface area contributed by atoms with Gasteiger partial charge in [0, 0.05) is 23.6 Å². The van der Waals surface area contributed by atoms with E-state index < -0.39 is 0 Å². The Morgan fingerprint density at radius 2 is 2.00 bits per heavy atom. The van der Waals surface area contributed by atoms with Crippen LogP contribution in [0.2, 0.25) is 0 Å². The van der Waals surface area contributed by atoms with Crippen LogP contribution in [-0.2, 0) is 0 Å². The third-order valence-electron chi connectivity index (χ3n) is 3.69. The van der Waals surface area contributed by atoms with Crippen LogP contribution in [0.3, 0.4) is 0 Å². The molecule has 1 aromatic carbocycles. The molecule has 86 valence electrons. The lowest BCUT2D eigenvalue weighted by molar-refractivity contribution is -0.385. The zero-order valence-corrected chi connectivity index (χ0v) is 9.73. The first-order valence-corrected chi connectivity index (χ1v) is 5.36. The van der Waals surface area contributed by atoms with Crippen molar-refractivity contribution in [3.63, 3.8) is 0 Å². The Hall–Kier alpha value is -1.42. The minimum absolute atomic E-state index is 0.114. The Balaban J connectivity index is 2.33. The van der Waals surface area contributed by atoms with Gasteiger partial charge in [-0.05, 0) is 24.0 Å². The second-order valence-corrected chi connectivity index (χ2v) is 5.13. The highest BCUT2D eigenvalue weighted by Crippen LogP contribution is 2.57. The first-order valence-electron chi connectivity index (χ1n) is 5.36. The maximum atomic E-state index is 10.7. The Kier molecular flexibility index (Phi) is 2.27. The van der Waals surface area contributed by atoms with E-state index in [1.807, 2.05) is 12.1 Å². The molecule has 1 aliphatic rings. The highest BCUT2D eigenvalue weighted by molar-refractivity contribution is 5.46. The summed E-state index contributed by atoms with van der Waals surface area (Å²) in [4.78, 5) is 10.3. The van der Waals surface area contributed by atoms with Crippen LogP contribution in [0.5, 0.6) is 0 Å². The van der Waals surface area contributed by atoms with Gasteiger partial charge < -0.3 is 5.73 Å². The van der Waals surface area contributed by atoms with Gasteiger partial charge in [0.2, 0.25) is 0 Å². The van der Waals surface area contributed by atoms with E-state index in [1.165, 1.54) is 0 Å². The number of aryl methyl sites for hydroxylation is 1. The van der Waals surface area contributed by atoms with E-state index in [4.69, 9.17) is 5.73 Å². The summed E-state index contributed by atoms with van der Waals surface area (Å²) in [5, 5.41) is 10.7. The predicted octanol–water partition coefficient (Wildman–Crippen LogP) is 2.35. The number of rotatable bonds is 2. The molecule has 0 saturated heterocycles. The molecule has 1 fully saturated rings. The fourth-order valence-corrected chi connectivity index (χ4v) is 2.39. The smallest absolute Gasteiger partial charge is 0.272 e. The Morgan fingerprint density at radius 3 is 2.38 bits per heavy atom. The lowest BCUT2D eigenvalue weighted by atomic mass is 10.0. The molecule has 16 heavy (non-hydrogen) atoms. The topological polar surface area (TPSA) is 69.2 Å². The SMILES string of the molecule is Cc1cc(C2C(N)C2(C)C)ccc1[N+](=O)[O-]. The maximum absolute atomic E-state index is 10.7. The highest BCUT2D eigenvalue weighted by atomic mass is 16.6. The van der Waals surface area contributed by atoms with Gasteiger partial charge in [-0.25, -0.2) is 0 Å². The van der Waals surface area contributed by atoms with E-state index in [9.17, 15) is 10.1 Å². The minimum atomic E-state index is -0.350. The normalized spacial score (nSPS) is 26.5. The zero-order valence-electron chi connectivity index (χ0n) is 9.73. The van der Waals surface area contributed by atoms with Gasteiger partial charge in [0.1, 0.15) is 0 Å². The summed E-state index contributed by atoms with van der Waals surface area (Å²) in [7, 11) is 0. The van der Waals surface area contributed by atoms with Crippen LogP contribution in [0.25, 0.3) is 0 Å². The van der Waals surface area contributed by atoms with Gasteiger partial charge in [0.05, 0.1) is 4.92 Å². The maximum Gasteiger partial charge on any atom is 0.272 e. The van der Waals surface area contributed by atoms with Crippen LogP contribution in [-0.4, -0.2) is 11.0 Å². The van der Waals surface area contributed by atoms with Gasteiger partial charge in [-0.3, -0.25) is 10.1 Å². The number of nitro groups is 1. The van der Waals surface area contributed by atoms with Crippen molar-refractivity contribution in [3.8, 4) is 0 Å². The molecule has 0 spiro atoms. The summed E-state index contributed by atoms with van der Waals surface area (Å²) in [5.74, 6) is 0.326. The quantitative estimate of drug-likeness (QED) is 0.614. The molecule has 4 nitrogen and oxygen atoms in total. The van der Waals surface area contributed by atoms with Crippen molar-refractivity contribution in [1.29, 1.82) is 0 Å². The lowest BCUT2D eigenvalue weighted by Crippen LogP contribution is -2.06. The number of hydrogen-bond donors (Lipinski definition) is 1. The van der Waals surface area contributed by atoms with Crippen molar-refractivity contribution in [2.75, 3.05) is 0 Å². The molecular formula is C12H16N2O2. The third kappa shape index (κ3) is 1.50. The summed E-state index contributed by atoms with van der Waals surface area (Å²) in [5.41, 5.74) is 8.10. The number of nitrogens with zero attached hydrogens (tertiary/aromatic N) is 1. The van der Waals surface area contributed by atoms with Crippen molar-refractivity contribution < 1.29 is 4.92 Å². The molecule has 0 aromatic heterocycles. The molecule has 2 N–H and O–H groups in total. The molecular weight excluding hydrogens is 204 g/mol. The molecule has 0 aliphatic heterocycles. The van der Waals surface area contributed by atoms with Gasteiger partial charge in [-0.15, -0.1) is 0 Å². The van der Waals surface area contributed by atoms with Crippen molar-refractivity contribution >= 4 is 5.69 Å². The van der Waals surface area contributed by atoms with E-state index in [0.29, 0.717) is 11.5 Å². The molecule has 2 unspecified atom stereocenters. The van der Waals surface area contributed by atoms with Crippen LogP contribution in [0, 0.1) is 22.5 Å². The summed E-state index contributed by atoms with van der Waals surface area (Å²) in [6.45, 7) is 6.01. The van der Waals surface area contributed by atoms with Crippen molar-refractivity contribution in [3.05, 3.63) is 39.4 Å². The zero-order chi connectivity index (χ0) is 12.1. The van der Waals surface area contributed by atoms with Crippen molar-refractivity contribution in [2.45, 2.75) is 32.7 Å². The minimum Gasteiger partial charge on any atom is -0.327 e. The van der Waals surface area contributed by atoms with E-state index >= 15 is 0 Å². The highest BCUT2D eigenvalue weighted by Gasteiger charge is 2.56. The molecule has 0 radical (unpaired) electrons. The van der Waals surface area contributed by atoms with E-state index in [0.717, 1.165) is 5.56 Å². The largest absolute Gasteiger partial charge is 0.327 e. The average Bonchev–Trinajstić information content (AvgIpc) is 2.65. The van der Waals surface area contributed by atoms with Crippen LogP contribution >= 0.6 is 0 Å². The van der Waals surface area contributed by atoms with E-state index in [2.05, 4.69) is 13.8 Å². The summed E-state index contributed by atoms with van der Waals surface area (Å²) in [6.07, 6.45) is 0.